The Labute approximate surface area is 147 Å². The Balaban J connectivity index is 1.76. The second kappa shape index (κ2) is 7.92. The van der Waals surface area contributed by atoms with Crippen LogP contribution in [0.25, 0.3) is 0 Å². The van der Waals surface area contributed by atoms with E-state index >= 15 is 0 Å². The van der Waals surface area contributed by atoms with E-state index in [0.29, 0.717) is 28.5 Å². The SMILES string of the molecule is COc1cccc(C(=O)Nc2ccc(OC)c(OC3CCCC3)c2)c1. The van der Waals surface area contributed by atoms with Gasteiger partial charge in [-0.1, -0.05) is 6.07 Å². The van der Waals surface area contributed by atoms with Gasteiger partial charge in [-0.05, 0) is 56.0 Å². The Bertz CT molecular complexity index is 738. The van der Waals surface area contributed by atoms with Gasteiger partial charge in [-0.3, -0.25) is 4.79 Å². The van der Waals surface area contributed by atoms with Gasteiger partial charge in [0, 0.05) is 17.3 Å². The Morgan fingerprint density at radius 2 is 1.80 bits per heavy atom. The lowest BCUT2D eigenvalue weighted by Crippen LogP contribution is -2.14. The fourth-order valence-electron chi connectivity index (χ4n) is 3.00. The minimum atomic E-state index is -0.198. The van der Waals surface area contributed by atoms with E-state index in [1.54, 1.807) is 44.6 Å². The summed E-state index contributed by atoms with van der Waals surface area (Å²) in [6.07, 6.45) is 4.73. The molecule has 132 valence electrons. The van der Waals surface area contributed by atoms with Crippen molar-refractivity contribution in [1.29, 1.82) is 0 Å². The number of rotatable bonds is 6. The van der Waals surface area contributed by atoms with Gasteiger partial charge < -0.3 is 19.5 Å². The Hall–Kier alpha value is -2.69. The first-order chi connectivity index (χ1) is 12.2. The average molecular weight is 341 g/mol. The van der Waals surface area contributed by atoms with Crippen molar-refractivity contribution < 1.29 is 19.0 Å². The van der Waals surface area contributed by atoms with Crippen LogP contribution in [0.3, 0.4) is 0 Å². The number of carbonyl (C=O) groups is 1. The zero-order valence-corrected chi connectivity index (χ0v) is 14.6. The van der Waals surface area contributed by atoms with Crippen LogP contribution < -0.4 is 19.5 Å². The molecule has 25 heavy (non-hydrogen) atoms. The largest absolute Gasteiger partial charge is 0.497 e. The first-order valence-electron chi connectivity index (χ1n) is 8.49. The van der Waals surface area contributed by atoms with E-state index in [1.165, 1.54) is 12.8 Å². The average Bonchev–Trinajstić information content (AvgIpc) is 3.15. The Morgan fingerprint density at radius 1 is 1.00 bits per heavy atom. The summed E-state index contributed by atoms with van der Waals surface area (Å²) < 4.78 is 16.6. The zero-order chi connectivity index (χ0) is 17.6. The molecule has 1 N–H and O–H groups in total. The molecule has 1 aliphatic rings. The second-order valence-electron chi connectivity index (χ2n) is 6.08. The molecular formula is C20H23NO4. The van der Waals surface area contributed by atoms with Crippen molar-refractivity contribution in [3.8, 4) is 17.2 Å². The maximum Gasteiger partial charge on any atom is 0.255 e. The Morgan fingerprint density at radius 3 is 2.52 bits per heavy atom. The van der Waals surface area contributed by atoms with Crippen LogP contribution in [0.2, 0.25) is 0 Å². The number of amides is 1. The highest BCUT2D eigenvalue weighted by Crippen LogP contribution is 2.34. The molecule has 0 aliphatic heterocycles. The van der Waals surface area contributed by atoms with E-state index in [-0.39, 0.29) is 12.0 Å². The molecular weight excluding hydrogens is 318 g/mol. The summed E-state index contributed by atoms with van der Waals surface area (Å²) in [6, 6.07) is 12.5. The molecule has 5 nitrogen and oxygen atoms in total. The van der Waals surface area contributed by atoms with Crippen LogP contribution in [0.4, 0.5) is 5.69 Å². The van der Waals surface area contributed by atoms with Crippen LogP contribution >= 0.6 is 0 Å². The first kappa shape index (κ1) is 17.1. The molecule has 0 heterocycles. The van der Waals surface area contributed by atoms with Gasteiger partial charge in [0.05, 0.1) is 20.3 Å². The van der Waals surface area contributed by atoms with Gasteiger partial charge in [-0.15, -0.1) is 0 Å². The molecule has 2 aromatic carbocycles. The summed E-state index contributed by atoms with van der Waals surface area (Å²) >= 11 is 0. The number of methoxy groups -OCH3 is 2. The Kier molecular flexibility index (Phi) is 5.43. The first-order valence-corrected chi connectivity index (χ1v) is 8.49. The number of benzene rings is 2. The smallest absolute Gasteiger partial charge is 0.255 e. The van der Waals surface area contributed by atoms with E-state index in [9.17, 15) is 4.79 Å². The third-order valence-corrected chi connectivity index (χ3v) is 4.35. The molecule has 0 atom stereocenters. The van der Waals surface area contributed by atoms with Crippen molar-refractivity contribution in [3.63, 3.8) is 0 Å². The van der Waals surface area contributed by atoms with Crippen molar-refractivity contribution in [2.75, 3.05) is 19.5 Å². The van der Waals surface area contributed by atoms with E-state index in [1.807, 2.05) is 12.1 Å². The summed E-state index contributed by atoms with van der Waals surface area (Å²) in [7, 11) is 3.19. The van der Waals surface area contributed by atoms with Crippen molar-refractivity contribution in [1.82, 2.24) is 0 Å². The topological polar surface area (TPSA) is 56.8 Å². The minimum Gasteiger partial charge on any atom is -0.497 e. The molecule has 5 heteroatoms. The summed E-state index contributed by atoms with van der Waals surface area (Å²) in [4.78, 5) is 12.5. The highest BCUT2D eigenvalue weighted by atomic mass is 16.5. The van der Waals surface area contributed by atoms with E-state index in [4.69, 9.17) is 14.2 Å². The van der Waals surface area contributed by atoms with Crippen LogP contribution in [-0.2, 0) is 0 Å². The molecule has 0 saturated heterocycles. The van der Waals surface area contributed by atoms with E-state index in [2.05, 4.69) is 5.32 Å². The molecule has 1 aliphatic carbocycles. The molecule has 0 radical (unpaired) electrons. The van der Waals surface area contributed by atoms with Crippen molar-refractivity contribution in [2.24, 2.45) is 0 Å². The predicted octanol–water partition coefficient (Wildman–Crippen LogP) is 4.28. The molecule has 0 aromatic heterocycles. The molecule has 3 rings (SSSR count). The summed E-state index contributed by atoms with van der Waals surface area (Å²) in [6.45, 7) is 0. The maximum atomic E-state index is 12.5. The number of nitrogens with one attached hydrogen (secondary N) is 1. The highest BCUT2D eigenvalue weighted by molar-refractivity contribution is 6.04. The quantitative estimate of drug-likeness (QED) is 0.852. The predicted molar refractivity (Wildman–Crippen MR) is 96.8 cm³/mol. The minimum absolute atomic E-state index is 0.198. The molecule has 1 saturated carbocycles. The fourth-order valence-corrected chi connectivity index (χ4v) is 3.00. The molecule has 0 spiro atoms. The van der Waals surface area contributed by atoms with Gasteiger partial charge in [0.25, 0.3) is 5.91 Å². The summed E-state index contributed by atoms with van der Waals surface area (Å²) in [5.41, 5.74) is 1.20. The van der Waals surface area contributed by atoms with Crippen LogP contribution in [-0.4, -0.2) is 26.2 Å². The summed E-state index contributed by atoms with van der Waals surface area (Å²) in [5.74, 6) is 1.78. The molecule has 1 amide bonds. The van der Waals surface area contributed by atoms with Crippen molar-refractivity contribution in [3.05, 3.63) is 48.0 Å². The molecule has 1 fully saturated rings. The van der Waals surface area contributed by atoms with Gasteiger partial charge in [-0.2, -0.15) is 0 Å². The van der Waals surface area contributed by atoms with Crippen LogP contribution in [0.15, 0.2) is 42.5 Å². The lowest BCUT2D eigenvalue weighted by molar-refractivity contribution is 0.102. The third kappa shape index (κ3) is 4.24. The second-order valence-corrected chi connectivity index (χ2v) is 6.08. The van der Waals surface area contributed by atoms with Gasteiger partial charge in [0.15, 0.2) is 11.5 Å². The lowest BCUT2D eigenvalue weighted by atomic mass is 10.2. The van der Waals surface area contributed by atoms with Gasteiger partial charge in [0.1, 0.15) is 5.75 Å². The highest BCUT2D eigenvalue weighted by Gasteiger charge is 2.19. The number of hydrogen-bond acceptors (Lipinski definition) is 4. The normalized spacial score (nSPS) is 14.2. The standard InChI is InChI=1S/C20H23NO4/c1-23-17-9-5-6-14(12-17)20(22)21-15-10-11-18(24-2)19(13-15)25-16-7-3-4-8-16/h5-6,9-13,16H,3-4,7-8H2,1-2H3,(H,21,22). The number of carbonyl (C=O) groups excluding carboxylic acids is 1. The fraction of sp³-hybridized carbons (Fsp3) is 0.350. The number of anilines is 1. The zero-order valence-electron chi connectivity index (χ0n) is 14.6. The third-order valence-electron chi connectivity index (χ3n) is 4.35. The van der Waals surface area contributed by atoms with Crippen LogP contribution in [0, 0.1) is 0 Å². The van der Waals surface area contributed by atoms with E-state index in [0.717, 1.165) is 12.8 Å². The molecule has 0 unspecified atom stereocenters. The van der Waals surface area contributed by atoms with Crippen LogP contribution in [0.5, 0.6) is 17.2 Å². The molecule has 0 bridgehead atoms. The van der Waals surface area contributed by atoms with E-state index < -0.39 is 0 Å². The van der Waals surface area contributed by atoms with Crippen LogP contribution in [0.1, 0.15) is 36.0 Å². The number of ether oxygens (including phenoxy) is 3. The maximum absolute atomic E-state index is 12.5. The lowest BCUT2D eigenvalue weighted by Gasteiger charge is -2.17. The summed E-state index contributed by atoms with van der Waals surface area (Å²) in [5, 5.41) is 2.90. The van der Waals surface area contributed by atoms with Crippen molar-refractivity contribution >= 4 is 11.6 Å². The van der Waals surface area contributed by atoms with Gasteiger partial charge >= 0.3 is 0 Å². The number of hydrogen-bond donors (Lipinski definition) is 1. The van der Waals surface area contributed by atoms with Crippen molar-refractivity contribution in [2.45, 2.75) is 31.8 Å². The monoisotopic (exact) mass is 341 g/mol. The van der Waals surface area contributed by atoms with Gasteiger partial charge in [-0.25, -0.2) is 0 Å². The molecule has 2 aromatic rings. The van der Waals surface area contributed by atoms with Gasteiger partial charge in [0.2, 0.25) is 0 Å².